The van der Waals surface area contributed by atoms with Crippen molar-refractivity contribution in [3.63, 3.8) is 0 Å². The molecule has 6 nitrogen and oxygen atoms in total. The molecule has 30 heavy (non-hydrogen) atoms. The van der Waals surface area contributed by atoms with Crippen LogP contribution < -0.4 is 19.5 Å². The topological polar surface area (TPSA) is 66.0 Å². The summed E-state index contributed by atoms with van der Waals surface area (Å²) in [5.41, 5.74) is 0.920. The van der Waals surface area contributed by atoms with E-state index >= 15 is 0 Å². The molecule has 0 aromatic heterocycles. The van der Waals surface area contributed by atoms with Crippen LogP contribution >= 0.6 is 23.2 Å². The molecule has 1 N–H and O–H groups in total. The first-order chi connectivity index (χ1) is 14.6. The Kier molecular flexibility index (Phi) is 6.56. The first kappa shape index (κ1) is 21.1. The molecule has 160 valence electrons. The minimum atomic E-state index is -0.202. The van der Waals surface area contributed by atoms with Crippen LogP contribution in [0.3, 0.4) is 0 Å². The van der Waals surface area contributed by atoms with E-state index in [-0.39, 0.29) is 31.1 Å². The molecule has 1 fully saturated rings. The highest BCUT2D eigenvalue weighted by Crippen LogP contribution is 2.40. The van der Waals surface area contributed by atoms with E-state index in [1.807, 2.05) is 12.1 Å². The van der Waals surface area contributed by atoms with Crippen LogP contribution in [0.15, 0.2) is 36.4 Å². The van der Waals surface area contributed by atoms with Gasteiger partial charge >= 0.3 is 0 Å². The van der Waals surface area contributed by atoms with Gasteiger partial charge in [0, 0.05) is 25.2 Å². The third-order valence-electron chi connectivity index (χ3n) is 5.56. The zero-order chi connectivity index (χ0) is 21.0. The normalized spacial score (nSPS) is 16.9. The van der Waals surface area contributed by atoms with Crippen molar-refractivity contribution in [2.45, 2.75) is 24.7 Å². The van der Waals surface area contributed by atoms with E-state index in [1.165, 1.54) is 0 Å². The van der Waals surface area contributed by atoms with E-state index in [0.29, 0.717) is 35.6 Å². The molecule has 0 aliphatic carbocycles. The number of carbonyl (C=O) groups is 1. The van der Waals surface area contributed by atoms with Crippen molar-refractivity contribution in [2.24, 2.45) is 0 Å². The van der Waals surface area contributed by atoms with Crippen molar-refractivity contribution in [2.75, 3.05) is 33.2 Å². The molecular formula is C22H23Cl2NO5. The van der Waals surface area contributed by atoms with Gasteiger partial charge in [-0.3, -0.25) is 4.79 Å². The number of hydrogen-bond donors (Lipinski definition) is 1. The van der Waals surface area contributed by atoms with Gasteiger partial charge in [-0.15, -0.1) is 0 Å². The summed E-state index contributed by atoms with van der Waals surface area (Å²) in [5.74, 6) is 1.89. The van der Waals surface area contributed by atoms with Crippen molar-refractivity contribution in [3.05, 3.63) is 52.0 Å². The van der Waals surface area contributed by atoms with E-state index < -0.39 is 0 Å². The molecule has 2 aromatic rings. The molecule has 0 unspecified atom stereocenters. The van der Waals surface area contributed by atoms with Gasteiger partial charge in [0.2, 0.25) is 12.7 Å². The van der Waals surface area contributed by atoms with Crippen LogP contribution in [0.25, 0.3) is 0 Å². The average molecular weight is 452 g/mol. The summed E-state index contributed by atoms with van der Waals surface area (Å²) in [6, 6.07) is 11.2. The summed E-state index contributed by atoms with van der Waals surface area (Å²) >= 11 is 12.1. The number of amides is 1. The Hall–Kier alpha value is -2.15. The number of benzene rings is 2. The molecule has 1 saturated heterocycles. The maximum absolute atomic E-state index is 12.5. The number of hydrogen-bond acceptors (Lipinski definition) is 5. The maximum atomic E-state index is 12.5. The van der Waals surface area contributed by atoms with Gasteiger partial charge in [0.25, 0.3) is 0 Å². The van der Waals surface area contributed by atoms with Crippen molar-refractivity contribution in [3.8, 4) is 17.2 Å². The second kappa shape index (κ2) is 9.33. The first-order valence-corrected chi connectivity index (χ1v) is 10.6. The second-order valence-corrected chi connectivity index (χ2v) is 8.17. The molecular weight excluding hydrogens is 429 g/mol. The molecule has 2 aromatic carbocycles. The van der Waals surface area contributed by atoms with Gasteiger partial charge in [-0.1, -0.05) is 35.3 Å². The Morgan fingerprint density at radius 1 is 1.10 bits per heavy atom. The van der Waals surface area contributed by atoms with Gasteiger partial charge in [0.15, 0.2) is 11.5 Å². The van der Waals surface area contributed by atoms with Gasteiger partial charge in [-0.2, -0.15) is 0 Å². The largest absolute Gasteiger partial charge is 0.491 e. The minimum absolute atomic E-state index is 0.0836. The van der Waals surface area contributed by atoms with E-state index in [1.54, 1.807) is 18.2 Å². The fraction of sp³-hybridized carbons (Fsp3) is 0.409. The van der Waals surface area contributed by atoms with E-state index in [2.05, 4.69) is 11.4 Å². The zero-order valence-electron chi connectivity index (χ0n) is 16.4. The van der Waals surface area contributed by atoms with Crippen molar-refractivity contribution < 1.29 is 23.7 Å². The Balaban J connectivity index is 1.36. The summed E-state index contributed by atoms with van der Waals surface area (Å²) < 4.78 is 22.1. The average Bonchev–Trinajstić information content (AvgIpc) is 3.24. The number of nitrogens with one attached hydrogen (secondary N) is 1. The quantitative estimate of drug-likeness (QED) is 0.677. The van der Waals surface area contributed by atoms with Crippen LogP contribution in [0.5, 0.6) is 17.2 Å². The Labute approximate surface area is 185 Å². The van der Waals surface area contributed by atoms with Crippen molar-refractivity contribution >= 4 is 29.1 Å². The van der Waals surface area contributed by atoms with Gasteiger partial charge in [-0.05, 0) is 42.7 Å². The highest BCUT2D eigenvalue weighted by atomic mass is 35.5. The zero-order valence-corrected chi connectivity index (χ0v) is 17.9. The first-order valence-electron chi connectivity index (χ1n) is 9.89. The second-order valence-electron chi connectivity index (χ2n) is 7.39. The SMILES string of the molecule is O=C(CCOc1cccc(Cl)c1Cl)NCC1(c2ccc3c(c2)OCO3)CCOCC1. The molecule has 8 heteroatoms. The molecule has 2 aliphatic rings. The van der Waals surface area contributed by atoms with Crippen molar-refractivity contribution in [1.29, 1.82) is 0 Å². The molecule has 0 saturated carbocycles. The third kappa shape index (κ3) is 4.61. The van der Waals surface area contributed by atoms with Crippen molar-refractivity contribution in [1.82, 2.24) is 5.32 Å². The number of rotatable bonds is 7. The molecule has 0 atom stereocenters. The molecule has 2 heterocycles. The lowest BCUT2D eigenvalue weighted by atomic mass is 9.74. The van der Waals surface area contributed by atoms with Gasteiger partial charge in [0.1, 0.15) is 10.8 Å². The van der Waals surface area contributed by atoms with E-state index in [9.17, 15) is 4.79 Å². The molecule has 0 radical (unpaired) electrons. The molecule has 2 aliphatic heterocycles. The lowest BCUT2D eigenvalue weighted by Gasteiger charge is -2.38. The highest BCUT2D eigenvalue weighted by Gasteiger charge is 2.36. The molecule has 4 rings (SSSR count). The Morgan fingerprint density at radius 2 is 1.90 bits per heavy atom. The summed E-state index contributed by atoms with van der Waals surface area (Å²) in [4.78, 5) is 12.5. The van der Waals surface area contributed by atoms with Crippen LogP contribution in [-0.2, 0) is 14.9 Å². The fourth-order valence-corrected chi connectivity index (χ4v) is 4.11. The Morgan fingerprint density at radius 3 is 2.73 bits per heavy atom. The van der Waals surface area contributed by atoms with Gasteiger partial charge < -0.3 is 24.3 Å². The lowest BCUT2D eigenvalue weighted by Crippen LogP contribution is -2.44. The summed E-state index contributed by atoms with van der Waals surface area (Å²) in [5, 5.41) is 3.84. The summed E-state index contributed by atoms with van der Waals surface area (Å²) in [6.07, 6.45) is 1.86. The van der Waals surface area contributed by atoms with E-state index in [4.69, 9.17) is 42.1 Å². The van der Waals surface area contributed by atoms with Crippen LogP contribution in [0, 0.1) is 0 Å². The van der Waals surface area contributed by atoms with Crippen LogP contribution in [-0.4, -0.2) is 39.1 Å². The van der Waals surface area contributed by atoms with Crippen LogP contribution in [0.1, 0.15) is 24.8 Å². The summed E-state index contributed by atoms with van der Waals surface area (Å²) in [7, 11) is 0. The number of carbonyl (C=O) groups excluding carboxylic acids is 1. The van der Waals surface area contributed by atoms with E-state index in [0.717, 1.165) is 29.9 Å². The predicted octanol–water partition coefficient (Wildman–Crippen LogP) is 4.36. The minimum Gasteiger partial charge on any atom is -0.491 e. The monoisotopic (exact) mass is 451 g/mol. The highest BCUT2D eigenvalue weighted by molar-refractivity contribution is 6.42. The van der Waals surface area contributed by atoms with Crippen LogP contribution in [0.2, 0.25) is 10.0 Å². The van der Waals surface area contributed by atoms with Gasteiger partial charge in [0.05, 0.1) is 18.1 Å². The number of fused-ring (bicyclic) bond motifs is 1. The standard InChI is InChI=1S/C22H23Cl2NO5/c23-16-2-1-3-18(21(16)24)28-9-6-20(26)25-13-22(7-10-27-11-8-22)15-4-5-17-19(12-15)30-14-29-17/h1-5,12H,6-11,13-14H2,(H,25,26). The van der Waals surface area contributed by atoms with Crippen LogP contribution in [0.4, 0.5) is 0 Å². The Bertz CT molecular complexity index is 914. The smallest absolute Gasteiger partial charge is 0.231 e. The third-order valence-corrected chi connectivity index (χ3v) is 6.36. The fourth-order valence-electron chi connectivity index (χ4n) is 3.76. The maximum Gasteiger partial charge on any atom is 0.231 e. The molecule has 0 bridgehead atoms. The predicted molar refractivity (Wildman–Crippen MR) is 114 cm³/mol. The molecule has 0 spiro atoms. The summed E-state index contributed by atoms with van der Waals surface area (Å²) in [6.45, 7) is 2.28. The molecule has 1 amide bonds. The lowest BCUT2D eigenvalue weighted by molar-refractivity contribution is -0.122. The van der Waals surface area contributed by atoms with Gasteiger partial charge in [-0.25, -0.2) is 0 Å². The number of halogens is 2. The number of ether oxygens (including phenoxy) is 4.